The fraction of sp³-hybridized carbons (Fsp3) is 0.182. The van der Waals surface area contributed by atoms with Crippen LogP contribution in [0.4, 0.5) is 11.5 Å². The Morgan fingerprint density at radius 2 is 1.81 bits per heavy atom. The Kier molecular flexibility index (Phi) is 6.44. The van der Waals surface area contributed by atoms with Gasteiger partial charge in [-0.25, -0.2) is 4.98 Å². The van der Waals surface area contributed by atoms with Crippen LogP contribution < -0.4 is 10.2 Å². The monoisotopic (exact) mass is 379 g/mol. The molecule has 0 unspecified atom stereocenters. The third kappa shape index (κ3) is 5.08. The highest BCUT2D eigenvalue weighted by molar-refractivity contribution is 6.30. The Bertz CT molecular complexity index is 882. The number of nitrogens with one attached hydrogen (secondary N) is 1. The van der Waals surface area contributed by atoms with E-state index in [1.54, 1.807) is 23.2 Å². The van der Waals surface area contributed by atoms with Crippen molar-refractivity contribution in [1.29, 1.82) is 0 Å². The van der Waals surface area contributed by atoms with Crippen LogP contribution in [0.3, 0.4) is 0 Å². The molecule has 0 spiro atoms. The minimum atomic E-state index is -0.0353. The largest absolute Gasteiger partial charge is 0.370 e. The molecule has 0 aliphatic rings. The minimum Gasteiger partial charge on any atom is -0.370 e. The maximum absolute atomic E-state index is 12.9. The van der Waals surface area contributed by atoms with Crippen LogP contribution in [0.2, 0.25) is 5.02 Å². The maximum atomic E-state index is 12.9. The molecule has 1 aromatic heterocycles. The van der Waals surface area contributed by atoms with Gasteiger partial charge in [0.15, 0.2) is 0 Å². The van der Waals surface area contributed by atoms with Crippen molar-refractivity contribution in [2.24, 2.45) is 0 Å². The van der Waals surface area contributed by atoms with Crippen molar-refractivity contribution in [2.45, 2.75) is 13.3 Å². The van der Waals surface area contributed by atoms with E-state index >= 15 is 0 Å². The summed E-state index contributed by atoms with van der Waals surface area (Å²) in [5, 5.41) is 4.02. The number of halogens is 1. The van der Waals surface area contributed by atoms with E-state index in [0.717, 1.165) is 23.7 Å². The highest BCUT2D eigenvalue weighted by Gasteiger charge is 2.16. The van der Waals surface area contributed by atoms with Crippen LogP contribution in [0.5, 0.6) is 0 Å². The third-order valence-corrected chi connectivity index (χ3v) is 4.52. The van der Waals surface area contributed by atoms with Gasteiger partial charge in [-0.05, 0) is 55.3 Å². The van der Waals surface area contributed by atoms with Crippen molar-refractivity contribution < 1.29 is 4.79 Å². The zero-order valence-electron chi connectivity index (χ0n) is 15.2. The number of nitrogens with zero attached hydrogens (tertiary/aromatic N) is 2. The predicted octanol–water partition coefficient (Wildman–Crippen LogP) is 5.06. The van der Waals surface area contributed by atoms with Gasteiger partial charge in [-0.2, -0.15) is 0 Å². The number of hydrogen-bond acceptors (Lipinski definition) is 3. The lowest BCUT2D eigenvalue weighted by molar-refractivity contribution is 0.0988. The number of amides is 1. The van der Waals surface area contributed by atoms with Crippen LogP contribution in [0, 0.1) is 0 Å². The molecule has 27 heavy (non-hydrogen) atoms. The number of carbonyl (C=O) groups excluding carboxylic acids is 1. The molecule has 1 N–H and O–H groups in total. The first-order valence-electron chi connectivity index (χ1n) is 8.98. The Hall–Kier alpha value is -2.85. The quantitative estimate of drug-likeness (QED) is 0.624. The fourth-order valence-corrected chi connectivity index (χ4v) is 2.98. The lowest BCUT2D eigenvalue weighted by Gasteiger charge is -2.21. The van der Waals surface area contributed by atoms with Gasteiger partial charge in [0.05, 0.1) is 0 Å². The number of carbonyl (C=O) groups is 1. The summed E-state index contributed by atoms with van der Waals surface area (Å²) in [5.74, 6) is 0.658. The van der Waals surface area contributed by atoms with Gasteiger partial charge in [0.2, 0.25) is 0 Å². The van der Waals surface area contributed by atoms with Crippen LogP contribution in [-0.2, 0) is 6.42 Å². The van der Waals surface area contributed by atoms with Gasteiger partial charge in [0, 0.05) is 35.6 Å². The molecule has 0 saturated heterocycles. The predicted molar refractivity (Wildman–Crippen MR) is 112 cm³/mol. The summed E-state index contributed by atoms with van der Waals surface area (Å²) >= 11 is 5.91. The molecule has 0 radical (unpaired) electrons. The molecule has 0 aliphatic heterocycles. The topological polar surface area (TPSA) is 45.2 Å². The molecule has 0 fully saturated rings. The molecule has 0 saturated carbocycles. The lowest BCUT2D eigenvalue weighted by atomic mass is 10.1. The standard InChI is InChI=1S/C22H22ClN3O/c1-2-26(20-6-4-3-5-7-20)22(27)18-13-15-25-21(16-18)24-14-12-17-8-10-19(23)11-9-17/h3-11,13,15-16H,2,12,14H2,1H3,(H,24,25). The van der Waals surface area contributed by atoms with Crippen LogP contribution in [-0.4, -0.2) is 24.0 Å². The third-order valence-electron chi connectivity index (χ3n) is 4.27. The molecular weight excluding hydrogens is 358 g/mol. The van der Waals surface area contributed by atoms with Crippen molar-refractivity contribution in [3.63, 3.8) is 0 Å². The van der Waals surface area contributed by atoms with E-state index in [1.807, 2.05) is 61.5 Å². The molecule has 1 amide bonds. The molecule has 0 bridgehead atoms. The second kappa shape index (κ2) is 9.19. The zero-order valence-corrected chi connectivity index (χ0v) is 16.0. The van der Waals surface area contributed by atoms with Gasteiger partial charge in [-0.15, -0.1) is 0 Å². The molecule has 2 aromatic carbocycles. The molecule has 138 valence electrons. The average Bonchev–Trinajstić information content (AvgIpc) is 2.71. The Morgan fingerprint density at radius 3 is 2.52 bits per heavy atom. The molecule has 5 heteroatoms. The van der Waals surface area contributed by atoms with E-state index in [4.69, 9.17) is 11.6 Å². The molecule has 3 aromatic rings. The smallest absolute Gasteiger partial charge is 0.258 e. The summed E-state index contributed by atoms with van der Waals surface area (Å²) in [6.07, 6.45) is 2.51. The van der Waals surface area contributed by atoms with Crippen molar-refractivity contribution in [3.05, 3.63) is 89.1 Å². The van der Waals surface area contributed by atoms with Crippen LogP contribution >= 0.6 is 11.6 Å². The first-order valence-corrected chi connectivity index (χ1v) is 9.36. The van der Waals surface area contributed by atoms with Crippen molar-refractivity contribution in [2.75, 3.05) is 23.3 Å². The summed E-state index contributed by atoms with van der Waals surface area (Å²) in [6.45, 7) is 3.30. The zero-order chi connectivity index (χ0) is 19.1. The Labute approximate surface area is 164 Å². The Balaban J connectivity index is 1.65. The SMILES string of the molecule is CCN(C(=O)c1ccnc(NCCc2ccc(Cl)cc2)c1)c1ccccc1. The second-order valence-corrected chi connectivity index (χ2v) is 6.55. The first kappa shape index (κ1) is 18.9. The molecule has 3 rings (SSSR count). The maximum Gasteiger partial charge on any atom is 0.258 e. The second-order valence-electron chi connectivity index (χ2n) is 6.12. The number of rotatable bonds is 7. The van der Waals surface area contributed by atoms with E-state index in [0.29, 0.717) is 17.9 Å². The van der Waals surface area contributed by atoms with Gasteiger partial charge in [-0.3, -0.25) is 4.79 Å². The van der Waals surface area contributed by atoms with Crippen LogP contribution in [0.15, 0.2) is 72.9 Å². The minimum absolute atomic E-state index is 0.0353. The van der Waals surface area contributed by atoms with Gasteiger partial charge >= 0.3 is 0 Å². The molecule has 4 nitrogen and oxygen atoms in total. The van der Waals surface area contributed by atoms with E-state index < -0.39 is 0 Å². The summed E-state index contributed by atoms with van der Waals surface area (Å²) in [5.41, 5.74) is 2.70. The number of benzene rings is 2. The number of hydrogen-bond donors (Lipinski definition) is 1. The van der Waals surface area contributed by atoms with Crippen molar-refractivity contribution in [3.8, 4) is 0 Å². The van der Waals surface area contributed by atoms with E-state index in [2.05, 4.69) is 10.3 Å². The number of aromatic nitrogens is 1. The first-order chi connectivity index (χ1) is 13.2. The fourth-order valence-electron chi connectivity index (χ4n) is 2.85. The lowest BCUT2D eigenvalue weighted by Crippen LogP contribution is -2.30. The Morgan fingerprint density at radius 1 is 1.07 bits per heavy atom. The summed E-state index contributed by atoms with van der Waals surface area (Å²) < 4.78 is 0. The van der Waals surface area contributed by atoms with Crippen molar-refractivity contribution in [1.82, 2.24) is 4.98 Å². The van der Waals surface area contributed by atoms with Gasteiger partial charge in [0.25, 0.3) is 5.91 Å². The van der Waals surface area contributed by atoms with Gasteiger partial charge < -0.3 is 10.2 Å². The summed E-state index contributed by atoms with van der Waals surface area (Å²) in [7, 11) is 0. The van der Waals surface area contributed by atoms with E-state index in [9.17, 15) is 4.79 Å². The number of pyridine rings is 1. The number of para-hydroxylation sites is 1. The highest BCUT2D eigenvalue weighted by atomic mass is 35.5. The molecule has 1 heterocycles. The normalized spacial score (nSPS) is 10.4. The molecule has 0 aliphatic carbocycles. The number of anilines is 2. The van der Waals surface area contributed by atoms with Crippen LogP contribution in [0.25, 0.3) is 0 Å². The summed E-state index contributed by atoms with van der Waals surface area (Å²) in [4.78, 5) is 19.0. The van der Waals surface area contributed by atoms with Gasteiger partial charge in [0.1, 0.15) is 5.82 Å². The molecule has 0 atom stereocenters. The van der Waals surface area contributed by atoms with Crippen LogP contribution in [0.1, 0.15) is 22.8 Å². The van der Waals surface area contributed by atoms with E-state index in [-0.39, 0.29) is 5.91 Å². The average molecular weight is 380 g/mol. The molecular formula is C22H22ClN3O. The van der Waals surface area contributed by atoms with E-state index in [1.165, 1.54) is 5.56 Å². The summed E-state index contributed by atoms with van der Waals surface area (Å²) in [6, 6.07) is 21.0. The highest BCUT2D eigenvalue weighted by Crippen LogP contribution is 2.18. The van der Waals surface area contributed by atoms with Crippen molar-refractivity contribution >= 4 is 29.0 Å². The van der Waals surface area contributed by atoms with Gasteiger partial charge in [-0.1, -0.05) is 41.9 Å².